The average Bonchev–Trinajstić information content (AvgIpc) is 2.88. The second-order valence-corrected chi connectivity index (χ2v) is 6.69. The smallest absolute Gasteiger partial charge is 0.220 e. The molecule has 1 aliphatic heterocycles. The van der Waals surface area contributed by atoms with Crippen molar-refractivity contribution in [3.05, 3.63) is 11.1 Å². The highest BCUT2D eigenvalue weighted by molar-refractivity contribution is 7.13. The molecule has 5 nitrogen and oxygen atoms in total. The van der Waals surface area contributed by atoms with Crippen LogP contribution in [0.1, 0.15) is 44.2 Å². The zero-order chi connectivity index (χ0) is 15.1. The molecule has 0 spiro atoms. The molecule has 0 aromatic carbocycles. The summed E-state index contributed by atoms with van der Waals surface area (Å²) in [6.45, 7) is 1.89. The lowest BCUT2D eigenvalue weighted by molar-refractivity contribution is -0.121. The molecule has 3 N–H and O–H groups in total. The number of carbonyl (C=O) groups excluding carboxylic acids is 1. The zero-order valence-corrected chi connectivity index (χ0v) is 13.6. The number of thiazole rings is 1. The van der Waals surface area contributed by atoms with Crippen molar-refractivity contribution >= 4 is 22.4 Å². The molecule has 1 aliphatic rings. The number of likely N-dealkylation sites (tertiary alicyclic amines) is 1. The average molecular weight is 310 g/mol. The first-order chi connectivity index (χ1) is 10.1. The van der Waals surface area contributed by atoms with E-state index in [0.717, 1.165) is 31.5 Å². The number of piperidine rings is 1. The van der Waals surface area contributed by atoms with Crippen molar-refractivity contribution in [1.29, 1.82) is 0 Å². The Morgan fingerprint density at radius 1 is 1.57 bits per heavy atom. The van der Waals surface area contributed by atoms with Gasteiger partial charge in [0, 0.05) is 24.4 Å². The minimum Gasteiger partial charge on any atom is -0.375 e. The number of amides is 1. The van der Waals surface area contributed by atoms with Crippen molar-refractivity contribution < 1.29 is 4.79 Å². The fraction of sp³-hybridized carbons (Fsp3) is 0.733. The van der Waals surface area contributed by atoms with Crippen LogP contribution in [0.15, 0.2) is 5.38 Å². The summed E-state index contributed by atoms with van der Waals surface area (Å²) >= 11 is 1.47. The van der Waals surface area contributed by atoms with Gasteiger partial charge in [-0.2, -0.15) is 0 Å². The van der Waals surface area contributed by atoms with Gasteiger partial charge in [-0.05, 0) is 45.7 Å². The number of nitrogens with zero attached hydrogens (tertiary/aromatic N) is 2. The molecule has 0 radical (unpaired) electrons. The normalized spacial score (nSPS) is 19.6. The van der Waals surface area contributed by atoms with Gasteiger partial charge in [0.15, 0.2) is 5.13 Å². The molecule has 0 saturated carbocycles. The Labute approximate surface area is 130 Å². The summed E-state index contributed by atoms with van der Waals surface area (Å²) in [5.41, 5.74) is 6.61. The van der Waals surface area contributed by atoms with Gasteiger partial charge in [-0.25, -0.2) is 4.98 Å². The van der Waals surface area contributed by atoms with Crippen LogP contribution in [0, 0.1) is 0 Å². The van der Waals surface area contributed by atoms with Crippen LogP contribution in [0.25, 0.3) is 0 Å². The monoisotopic (exact) mass is 310 g/mol. The van der Waals surface area contributed by atoms with Gasteiger partial charge in [0.05, 0.1) is 5.69 Å². The summed E-state index contributed by atoms with van der Waals surface area (Å²) in [7, 11) is 2.17. The van der Waals surface area contributed by atoms with Crippen LogP contribution in [0.2, 0.25) is 0 Å². The predicted molar refractivity (Wildman–Crippen MR) is 87.4 cm³/mol. The summed E-state index contributed by atoms with van der Waals surface area (Å²) in [5, 5.41) is 5.60. The third kappa shape index (κ3) is 5.63. The summed E-state index contributed by atoms with van der Waals surface area (Å²) in [5.74, 6) is 0.173. The van der Waals surface area contributed by atoms with Gasteiger partial charge in [-0.3, -0.25) is 4.79 Å². The van der Waals surface area contributed by atoms with Gasteiger partial charge < -0.3 is 16.0 Å². The molecule has 0 unspecified atom stereocenters. The molecule has 21 heavy (non-hydrogen) atoms. The Morgan fingerprint density at radius 3 is 3.14 bits per heavy atom. The molecular formula is C15H26N4OS. The van der Waals surface area contributed by atoms with Crippen molar-refractivity contribution in [1.82, 2.24) is 15.2 Å². The van der Waals surface area contributed by atoms with E-state index in [-0.39, 0.29) is 5.91 Å². The molecule has 1 amide bonds. The maximum absolute atomic E-state index is 11.8. The van der Waals surface area contributed by atoms with E-state index in [9.17, 15) is 4.79 Å². The molecule has 1 saturated heterocycles. The third-order valence-corrected chi connectivity index (χ3v) is 4.85. The highest BCUT2D eigenvalue weighted by Crippen LogP contribution is 2.18. The number of nitrogen functional groups attached to an aromatic ring is 1. The Morgan fingerprint density at radius 2 is 2.43 bits per heavy atom. The van der Waals surface area contributed by atoms with Gasteiger partial charge in [0.2, 0.25) is 5.91 Å². The standard InChI is InChI=1S/C15H26N4OS/c1-19-10-3-2-6-13(19)7-8-14(20)17-9-4-5-12-11-21-15(16)18-12/h11,13H,2-10H2,1H3,(H2,16,18)(H,17,20)/t13-/m0/s1. The first-order valence-electron chi connectivity index (χ1n) is 7.82. The van der Waals surface area contributed by atoms with E-state index >= 15 is 0 Å². The van der Waals surface area contributed by atoms with Crippen LogP contribution in [0.5, 0.6) is 0 Å². The van der Waals surface area contributed by atoms with Crippen molar-refractivity contribution in [3.63, 3.8) is 0 Å². The molecule has 2 rings (SSSR count). The van der Waals surface area contributed by atoms with E-state index in [0.29, 0.717) is 17.6 Å². The molecule has 0 aliphatic carbocycles. The van der Waals surface area contributed by atoms with E-state index < -0.39 is 0 Å². The maximum atomic E-state index is 11.8. The quantitative estimate of drug-likeness (QED) is 0.756. The first kappa shape index (κ1) is 16.2. The Bertz CT molecular complexity index is 449. The van der Waals surface area contributed by atoms with Gasteiger partial charge in [0.25, 0.3) is 0 Å². The predicted octanol–water partition coefficient (Wildman–Crippen LogP) is 2.04. The number of anilines is 1. The lowest BCUT2D eigenvalue weighted by Crippen LogP contribution is -2.37. The second-order valence-electron chi connectivity index (χ2n) is 5.80. The molecule has 0 bridgehead atoms. The number of aromatic nitrogens is 1. The number of rotatable bonds is 7. The first-order valence-corrected chi connectivity index (χ1v) is 8.70. The van der Waals surface area contributed by atoms with Crippen LogP contribution in [-0.2, 0) is 11.2 Å². The Kier molecular flexibility index (Phi) is 6.45. The van der Waals surface area contributed by atoms with E-state index in [1.165, 1.54) is 37.1 Å². The molecule has 1 fully saturated rings. The van der Waals surface area contributed by atoms with E-state index in [2.05, 4.69) is 22.2 Å². The fourth-order valence-electron chi connectivity index (χ4n) is 2.83. The zero-order valence-electron chi connectivity index (χ0n) is 12.8. The molecule has 118 valence electrons. The lowest BCUT2D eigenvalue weighted by atomic mass is 9.98. The van der Waals surface area contributed by atoms with Crippen molar-refractivity contribution in [2.45, 2.75) is 51.0 Å². The highest BCUT2D eigenvalue weighted by Gasteiger charge is 2.19. The van der Waals surface area contributed by atoms with Gasteiger partial charge in [-0.1, -0.05) is 6.42 Å². The van der Waals surface area contributed by atoms with Gasteiger partial charge in [0.1, 0.15) is 0 Å². The maximum Gasteiger partial charge on any atom is 0.220 e. The topological polar surface area (TPSA) is 71.2 Å². The fourth-order valence-corrected chi connectivity index (χ4v) is 3.43. The lowest BCUT2D eigenvalue weighted by Gasteiger charge is -2.32. The van der Waals surface area contributed by atoms with Crippen LogP contribution in [0.3, 0.4) is 0 Å². The minimum atomic E-state index is 0.173. The van der Waals surface area contributed by atoms with Gasteiger partial charge >= 0.3 is 0 Å². The van der Waals surface area contributed by atoms with Crippen molar-refractivity contribution in [3.8, 4) is 0 Å². The van der Waals surface area contributed by atoms with Crippen LogP contribution < -0.4 is 11.1 Å². The number of nitrogens with one attached hydrogen (secondary N) is 1. The second kappa shape index (κ2) is 8.34. The Balaban J connectivity index is 1.55. The van der Waals surface area contributed by atoms with Crippen LogP contribution >= 0.6 is 11.3 Å². The van der Waals surface area contributed by atoms with E-state index in [1.807, 2.05) is 5.38 Å². The highest BCUT2D eigenvalue weighted by atomic mass is 32.1. The summed E-state index contributed by atoms with van der Waals surface area (Å²) in [4.78, 5) is 18.4. The van der Waals surface area contributed by atoms with Crippen LogP contribution in [0.4, 0.5) is 5.13 Å². The molecule has 1 aromatic heterocycles. The number of nitrogens with two attached hydrogens (primary N) is 1. The molecule has 2 heterocycles. The van der Waals surface area contributed by atoms with Crippen molar-refractivity contribution in [2.75, 3.05) is 25.9 Å². The minimum absolute atomic E-state index is 0.173. The molecule has 6 heteroatoms. The number of hydrogen-bond acceptors (Lipinski definition) is 5. The number of hydrogen-bond donors (Lipinski definition) is 2. The summed E-state index contributed by atoms with van der Waals surface area (Å²) in [6, 6.07) is 0.586. The summed E-state index contributed by atoms with van der Waals surface area (Å²) in [6.07, 6.45) is 7.23. The molecule has 1 atom stereocenters. The molecule has 1 aromatic rings. The molecular weight excluding hydrogens is 284 g/mol. The largest absolute Gasteiger partial charge is 0.375 e. The third-order valence-electron chi connectivity index (χ3n) is 4.13. The van der Waals surface area contributed by atoms with E-state index in [1.54, 1.807) is 0 Å². The SMILES string of the molecule is CN1CCCC[C@H]1CCC(=O)NCCCc1csc(N)n1. The van der Waals surface area contributed by atoms with Crippen molar-refractivity contribution in [2.24, 2.45) is 0 Å². The van der Waals surface area contributed by atoms with E-state index in [4.69, 9.17) is 5.73 Å². The Hall–Kier alpha value is -1.14. The summed E-state index contributed by atoms with van der Waals surface area (Å²) < 4.78 is 0. The van der Waals surface area contributed by atoms with Gasteiger partial charge in [-0.15, -0.1) is 11.3 Å². The number of aryl methyl sites for hydroxylation is 1. The number of carbonyl (C=O) groups is 1. The van der Waals surface area contributed by atoms with Crippen LogP contribution in [-0.4, -0.2) is 42.0 Å².